The fraction of sp³-hybridized carbons (Fsp3) is 0.500. The molecule has 0 bridgehead atoms. The van der Waals surface area contributed by atoms with Crippen molar-refractivity contribution in [2.24, 2.45) is 11.3 Å². The smallest absolute Gasteiger partial charge is 0.221 e. The van der Waals surface area contributed by atoms with Gasteiger partial charge >= 0.3 is 0 Å². The monoisotopic (exact) mass is 615 g/mol. The number of hydrogen-bond donors (Lipinski definition) is 2. The highest BCUT2D eigenvalue weighted by Crippen LogP contribution is 2.43. The Morgan fingerprint density at radius 3 is 2.30 bits per heavy atom. The zero-order valence-electron chi connectivity index (χ0n) is 27.4. The maximum Gasteiger partial charge on any atom is 0.221 e. The summed E-state index contributed by atoms with van der Waals surface area (Å²) in [7, 11) is 0.291. The van der Waals surface area contributed by atoms with Crippen molar-refractivity contribution in [1.29, 1.82) is 0 Å². The zero-order chi connectivity index (χ0) is 33.0. The van der Waals surface area contributed by atoms with Crippen LogP contribution in [0.4, 0.5) is 8.78 Å². The lowest BCUT2D eigenvalue weighted by atomic mass is 9.67. The summed E-state index contributed by atoms with van der Waals surface area (Å²) in [6, 6.07) is 3.41. The quantitative estimate of drug-likeness (QED) is 0.125. The summed E-state index contributed by atoms with van der Waals surface area (Å²) in [6.07, 6.45) is 14.6. The Kier molecular flexibility index (Phi) is 15.1. The maximum atomic E-state index is 13.5. The van der Waals surface area contributed by atoms with Crippen LogP contribution in [0.5, 0.6) is 0 Å². The SMILES string of the molecule is C=C(/C=C(\PC)c1ccc(F)cc1F)C(C)=O.C=C/C=C\C=C(/C)C(C)(C)NC(=O)CC(C)(CC)CCC1CC(C)(O)C1. The summed E-state index contributed by atoms with van der Waals surface area (Å²) in [5.74, 6) is -0.682. The third-order valence-corrected chi connectivity index (χ3v) is 9.30. The number of hydrogen-bond acceptors (Lipinski definition) is 3. The molecule has 1 amide bonds. The van der Waals surface area contributed by atoms with Crippen LogP contribution >= 0.6 is 8.58 Å². The lowest BCUT2D eigenvalue weighted by molar-refractivity contribution is -0.125. The molecular weight excluding hydrogens is 563 g/mol. The second-order valence-corrected chi connectivity index (χ2v) is 13.8. The fourth-order valence-corrected chi connectivity index (χ4v) is 5.76. The largest absolute Gasteiger partial charge is 0.390 e. The summed E-state index contributed by atoms with van der Waals surface area (Å²) < 4.78 is 26.3. The molecule has 43 heavy (non-hydrogen) atoms. The van der Waals surface area contributed by atoms with Crippen LogP contribution in [0.2, 0.25) is 0 Å². The first-order chi connectivity index (χ1) is 19.9. The first-order valence-electron chi connectivity index (χ1n) is 14.9. The Morgan fingerprint density at radius 2 is 1.81 bits per heavy atom. The summed E-state index contributed by atoms with van der Waals surface area (Å²) in [6.45, 7) is 22.9. The van der Waals surface area contributed by atoms with Crippen molar-refractivity contribution < 1.29 is 23.5 Å². The minimum absolute atomic E-state index is 0.0158. The number of carbonyl (C=O) groups excluding carboxylic acids is 2. The molecule has 1 fully saturated rings. The Morgan fingerprint density at radius 1 is 1.19 bits per heavy atom. The number of halogens is 2. The van der Waals surface area contributed by atoms with Crippen LogP contribution in [0.3, 0.4) is 0 Å². The van der Waals surface area contributed by atoms with Crippen molar-refractivity contribution in [2.45, 2.75) is 98.1 Å². The van der Waals surface area contributed by atoms with Gasteiger partial charge in [0.05, 0.1) is 11.1 Å². The van der Waals surface area contributed by atoms with E-state index >= 15 is 0 Å². The predicted octanol–water partition coefficient (Wildman–Crippen LogP) is 9.08. The van der Waals surface area contributed by atoms with Gasteiger partial charge in [0.15, 0.2) is 5.78 Å². The third kappa shape index (κ3) is 13.2. The van der Waals surface area contributed by atoms with E-state index in [9.17, 15) is 23.5 Å². The van der Waals surface area contributed by atoms with Gasteiger partial charge in [-0.05, 0) is 107 Å². The van der Waals surface area contributed by atoms with E-state index in [-0.39, 0.29) is 22.6 Å². The molecule has 1 aromatic carbocycles. The van der Waals surface area contributed by atoms with Gasteiger partial charge in [0.2, 0.25) is 5.91 Å². The number of ketones is 1. The molecule has 2 unspecified atom stereocenters. The van der Waals surface area contributed by atoms with Gasteiger partial charge in [-0.1, -0.05) is 66.3 Å². The molecule has 238 valence electrons. The number of nitrogens with one attached hydrogen (secondary N) is 1. The van der Waals surface area contributed by atoms with Gasteiger partial charge in [-0.3, -0.25) is 9.59 Å². The molecule has 1 aliphatic carbocycles. The van der Waals surface area contributed by atoms with Crippen molar-refractivity contribution in [3.8, 4) is 0 Å². The Labute approximate surface area is 260 Å². The Hall–Kier alpha value is -2.69. The van der Waals surface area contributed by atoms with E-state index < -0.39 is 17.2 Å². The Bertz CT molecular complexity index is 1240. The molecule has 0 heterocycles. The molecule has 0 aromatic heterocycles. The molecule has 0 radical (unpaired) electrons. The van der Waals surface area contributed by atoms with Gasteiger partial charge < -0.3 is 10.4 Å². The van der Waals surface area contributed by atoms with E-state index in [0.29, 0.717) is 37.4 Å². The van der Waals surface area contributed by atoms with Crippen LogP contribution < -0.4 is 5.32 Å². The second kappa shape index (κ2) is 17.0. The Balaban J connectivity index is 0.000000469. The van der Waals surface area contributed by atoms with Crippen molar-refractivity contribution in [1.82, 2.24) is 5.32 Å². The zero-order valence-corrected chi connectivity index (χ0v) is 28.4. The number of amides is 1. The normalized spacial score (nSPS) is 20.7. The van der Waals surface area contributed by atoms with Crippen molar-refractivity contribution >= 4 is 25.6 Å². The van der Waals surface area contributed by atoms with Crippen molar-refractivity contribution in [2.75, 3.05) is 6.66 Å². The molecule has 0 spiro atoms. The molecule has 0 saturated heterocycles. The molecule has 1 saturated carbocycles. The molecule has 4 nitrogen and oxygen atoms in total. The highest BCUT2D eigenvalue weighted by Gasteiger charge is 2.39. The summed E-state index contributed by atoms with van der Waals surface area (Å²) >= 11 is 0. The van der Waals surface area contributed by atoms with Crippen LogP contribution in [-0.2, 0) is 9.59 Å². The maximum absolute atomic E-state index is 13.5. The average molecular weight is 616 g/mol. The van der Waals surface area contributed by atoms with E-state index in [1.54, 1.807) is 12.2 Å². The van der Waals surface area contributed by atoms with Gasteiger partial charge in [0.1, 0.15) is 11.6 Å². The second-order valence-electron chi connectivity index (χ2n) is 12.8. The topological polar surface area (TPSA) is 66.4 Å². The number of Topliss-reactive ketones (excluding diaryl/α,β-unsaturated/α-hetero) is 1. The molecular formula is C36H52F2NO3P. The van der Waals surface area contributed by atoms with Crippen LogP contribution in [0.25, 0.3) is 5.31 Å². The first kappa shape index (κ1) is 38.3. The van der Waals surface area contributed by atoms with Gasteiger partial charge in [0.25, 0.3) is 0 Å². The van der Waals surface area contributed by atoms with Crippen LogP contribution in [0.15, 0.2) is 72.9 Å². The third-order valence-electron chi connectivity index (χ3n) is 8.35. The van der Waals surface area contributed by atoms with E-state index in [2.05, 4.69) is 32.3 Å². The summed E-state index contributed by atoms with van der Waals surface area (Å²) in [5.41, 5.74) is 0.927. The lowest BCUT2D eigenvalue weighted by Gasteiger charge is -2.42. The van der Waals surface area contributed by atoms with E-state index in [1.165, 1.54) is 19.1 Å². The molecule has 1 aromatic rings. The van der Waals surface area contributed by atoms with E-state index in [4.69, 9.17) is 0 Å². The van der Waals surface area contributed by atoms with Crippen LogP contribution in [0.1, 0.15) is 92.6 Å². The standard InChI is InChI=1S/C23H39NO2.C13H13F2OP/c1-8-10-11-12-18(3)21(4,5)24-20(25)17-22(6,9-2)14-13-19-15-23(7,26)16-19;1-8(9(2)16)6-13(17-3)11-5-4-10(14)7-12(11)15/h8,10-12,19,26H,1,9,13-17H2,2-7H3,(H,24,25);4-7,17H,1H2,2-3H3/b11-10-,18-12+;13-6-. The summed E-state index contributed by atoms with van der Waals surface area (Å²) in [5, 5.41) is 13.7. The average Bonchev–Trinajstić information content (AvgIpc) is 2.89. The lowest BCUT2D eigenvalue weighted by Crippen LogP contribution is -2.46. The number of rotatable bonds is 14. The molecule has 1 aliphatic rings. The molecule has 7 heteroatoms. The van der Waals surface area contributed by atoms with Gasteiger partial charge in [0, 0.05) is 23.6 Å². The number of allylic oxidation sites excluding steroid dienone is 6. The van der Waals surface area contributed by atoms with E-state index in [0.717, 1.165) is 43.7 Å². The molecule has 2 rings (SSSR count). The number of carbonyl (C=O) groups is 2. The minimum atomic E-state index is -0.623. The molecule has 2 atom stereocenters. The molecule has 2 N–H and O–H groups in total. The highest BCUT2D eigenvalue weighted by molar-refractivity contribution is 7.49. The van der Waals surface area contributed by atoms with Crippen LogP contribution in [-0.4, -0.2) is 34.6 Å². The van der Waals surface area contributed by atoms with Crippen LogP contribution in [0, 0.1) is 23.0 Å². The minimum Gasteiger partial charge on any atom is -0.390 e. The summed E-state index contributed by atoms with van der Waals surface area (Å²) in [4.78, 5) is 23.8. The van der Waals surface area contributed by atoms with Gasteiger partial charge in [-0.2, -0.15) is 0 Å². The van der Waals surface area contributed by atoms with Gasteiger partial charge in [-0.25, -0.2) is 8.78 Å². The molecule has 0 aliphatic heterocycles. The van der Waals surface area contributed by atoms with Crippen molar-refractivity contribution in [3.63, 3.8) is 0 Å². The van der Waals surface area contributed by atoms with Crippen molar-refractivity contribution in [3.05, 3.63) is 90.1 Å². The van der Waals surface area contributed by atoms with Gasteiger partial charge in [-0.15, -0.1) is 0 Å². The van der Waals surface area contributed by atoms with E-state index in [1.807, 2.05) is 52.6 Å². The predicted molar refractivity (Wildman–Crippen MR) is 179 cm³/mol. The highest BCUT2D eigenvalue weighted by atomic mass is 31.1. The first-order valence-corrected chi connectivity index (χ1v) is 16.4. The number of aliphatic hydroxyl groups is 1. The fourth-order valence-electron chi connectivity index (χ4n) is 4.96. The number of benzene rings is 1.